The van der Waals surface area contributed by atoms with E-state index in [1.165, 1.54) is 28.1 Å². The minimum Gasteiger partial charge on any atom is -0.352 e. The predicted molar refractivity (Wildman–Crippen MR) is 119 cm³/mol. The van der Waals surface area contributed by atoms with E-state index in [4.69, 9.17) is 12.2 Å². The number of benzene rings is 1. The summed E-state index contributed by atoms with van der Waals surface area (Å²) in [6.07, 6.45) is 1.85. The fraction of sp³-hybridized carbons (Fsp3) is 0.304. The molecule has 0 saturated carbocycles. The van der Waals surface area contributed by atoms with Crippen LogP contribution in [0, 0.1) is 27.7 Å². The van der Waals surface area contributed by atoms with Crippen molar-refractivity contribution in [3.05, 3.63) is 82.4 Å². The third-order valence-corrected chi connectivity index (χ3v) is 6.31. The van der Waals surface area contributed by atoms with Crippen LogP contribution in [0.15, 0.2) is 48.7 Å². The summed E-state index contributed by atoms with van der Waals surface area (Å²) in [6, 6.07) is 14.9. The highest BCUT2D eigenvalue weighted by atomic mass is 32.1. The molecule has 4 rings (SSSR count). The summed E-state index contributed by atoms with van der Waals surface area (Å²) >= 11 is 5.82. The fourth-order valence-corrected chi connectivity index (χ4v) is 4.35. The number of anilines is 1. The Bertz CT molecular complexity index is 1040. The smallest absolute Gasteiger partial charge is 0.174 e. The van der Waals surface area contributed by atoms with Gasteiger partial charge in [-0.05, 0) is 86.9 Å². The molecule has 0 amide bonds. The number of thiocarbonyl (C=S) groups is 1. The standard InChI is InChI=1S/C23H26N4S/c1-14-9-10-18(12-15(14)2)27-22(19-13-16(3)26(5)17(19)4)21(25-23(27)28)20-8-6-7-11-24-20/h6-13,21-22H,1-5H3,(H,25,28). The molecule has 0 spiro atoms. The van der Waals surface area contributed by atoms with Gasteiger partial charge in [0.25, 0.3) is 0 Å². The number of nitrogens with zero attached hydrogens (tertiary/aromatic N) is 3. The van der Waals surface area contributed by atoms with Gasteiger partial charge in [-0.3, -0.25) is 4.98 Å². The maximum absolute atomic E-state index is 5.82. The topological polar surface area (TPSA) is 33.1 Å². The van der Waals surface area contributed by atoms with Gasteiger partial charge < -0.3 is 14.8 Å². The van der Waals surface area contributed by atoms with Crippen LogP contribution in [0.25, 0.3) is 0 Å². The van der Waals surface area contributed by atoms with Crippen molar-refractivity contribution < 1.29 is 0 Å². The molecule has 28 heavy (non-hydrogen) atoms. The zero-order valence-corrected chi connectivity index (χ0v) is 17.8. The molecule has 2 unspecified atom stereocenters. The Balaban J connectivity index is 1.89. The van der Waals surface area contributed by atoms with Gasteiger partial charge in [0.05, 0.1) is 17.8 Å². The van der Waals surface area contributed by atoms with Crippen LogP contribution in [0.1, 0.15) is 45.9 Å². The zero-order valence-electron chi connectivity index (χ0n) is 17.0. The average Bonchev–Trinajstić information content (AvgIpc) is 3.16. The van der Waals surface area contributed by atoms with Crippen LogP contribution in [-0.2, 0) is 7.05 Å². The van der Waals surface area contributed by atoms with Gasteiger partial charge in [-0.25, -0.2) is 0 Å². The van der Waals surface area contributed by atoms with Crippen molar-refractivity contribution in [2.75, 3.05) is 4.90 Å². The van der Waals surface area contributed by atoms with Gasteiger partial charge in [0.2, 0.25) is 0 Å². The van der Waals surface area contributed by atoms with Gasteiger partial charge in [-0.15, -0.1) is 0 Å². The lowest BCUT2D eigenvalue weighted by Crippen LogP contribution is -2.29. The summed E-state index contributed by atoms with van der Waals surface area (Å²) in [5.74, 6) is 0. The van der Waals surface area contributed by atoms with E-state index < -0.39 is 0 Å². The number of pyridine rings is 1. The Kier molecular flexibility index (Phi) is 4.71. The molecule has 0 aliphatic carbocycles. The lowest BCUT2D eigenvalue weighted by atomic mass is 9.96. The van der Waals surface area contributed by atoms with Crippen molar-refractivity contribution in [3.8, 4) is 0 Å². The summed E-state index contributed by atoms with van der Waals surface area (Å²) in [5.41, 5.74) is 8.44. The Labute approximate surface area is 172 Å². The van der Waals surface area contributed by atoms with Crippen LogP contribution in [0.5, 0.6) is 0 Å². The third kappa shape index (κ3) is 3.00. The number of hydrogen-bond acceptors (Lipinski definition) is 2. The fourth-order valence-electron chi connectivity index (χ4n) is 4.01. The van der Waals surface area contributed by atoms with Gasteiger partial charge in [0.15, 0.2) is 5.11 Å². The molecule has 1 saturated heterocycles. The normalized spacial score (nSPS) is 19.2. The van der Waals surface area contributed by atoms with E-state index in [9.17, 15) is 0 Å². The molecular weight excluding hydrogens is 364 g/mol. The van der Waals surface area contributed by atoms with Crippen molar-refractivity contribution in [1.29, 1.82) is 0 Å². The molecular formula is C23H26N4S. The second kappa shape index (κ2) is 7.06. The quantitative estimate of drug-likeness (QED) is 0.649. The highest BCUT2D eigenvalue weighted by Crippen LogP contribution is 2.43. The molecule has 2 atom stereocenters. The second-order valence-electron chi connectivity index (χ2n) is 7.65. The first-order valence-electron chi connectivity index (χ1n) is 9.59. The summed E-state index contributed by atoms with van der Waals surface area (Å²) in [6.45, 7) is 8.61. The van der Waals surface area contributed by atoms with Crippen molar-refractivity contribution in [3.63, 3.8) is 0 Å². The van der Waals surface area contributed by atoms with Gasteiger partial charge in [-0.2, -0.15) is 0 Å². The molecule has 5 heteroatoms. The maximum atomic E-state index is 5.82. The Morgan fingerprint density at radius 3 is 2.39 bits per heavy atom. The molecule has 2 aromatic heterocycles. The number of hydrogen-bond donors (Lipinski definition) is 1. The zero-order chi connectivity index (χ0) is 20.0. The maximum Gasteiger partial charge on any atom is 0.174 e. The van der Waals surface area contributed by atoms with E-state index >= 15 is 0 Å². The molecule has 1 aromatic carbocycles. The van der Waals surface area contributed by atoms with E-state index in [0.29, 0.717) is 0 Å². The number of aryl methyl sites for hydroxylation is 3. The average molecular weight is 391 g/mol. The van der Waals surface area contributed by atoms with Crippen molar-refractivity contribution >= 4 is 23.0 Å². The summed E-state index contributed by atoms with van der Waals surface area (Å²) < 4.78 is 2.24. The first-order chi connectivity index (χ1) is 13.4. The predicted octanol–water partition coefficient (Wildman–Crippen LogP) is 4.83. The molecule has 1 aliphatic heterocycles. The van der Waals surface area contributed by atoms with Crippen LogP contribution >= 0.6 is 12.2 Å². The molecule has 0 bridgehead atoms. The van der Waals surface area contributed by atoms with Gasteiger partial charge in [0, 0.05) is 30.3 Å². The molecule has 3 aromatic rings. The van der Waals surface area contributed by atoms with E-state index in [2.05, 4.69) is 84.8 Å². The van der Waals surface area contributed by atoms with E-state index in [1.54, 1.807) is 0 Å². The Morgan fingerprint density at radius 1 is 1.00 bits per heavy atom. The van der Waals surface area contributed by atoms with E-state index in [1.807, 2.05) is 18.3 Å². The highest BCUT2D eigenvalue weighted by molar-refractivity contribution is 7.80. The van der Waals surface area contributed by atoms with Crippen molar-refractivity contribution in [2.24, 2.45) is 7.05 Å². The largest absolute Gasteiger partial charge is 0.352 e. The molecule has 0 radical (unpaired) electrons. The van der Waals surface area contributed by atoms with E-state index in [-0.39, 0.29) is 12.1 Å². The lowest BCUT2D eigenvalue weighted by Gasteiger charge is -2.28. The highest BCUT2D eigenvalue weighted by Gasteiger charge is 2.42. The lowest BCUT2D eigenvalue weighted by molar-refractivity contribution is 0.564. The first kappa shape index (κ1) is 18.7. The molecule has 1 aliphatic rings. The molecule has 1 fully saturated rings. The van der Waals surface area contributed by atoms with Crippen LogP contribution in [-0.4, -0.2) is 14.7 Å². The summed E-state index contributed by atoms with van der Waals surface area (Å²) in [4.78, 5) is 6.89. The van der Waals surface area contributed by atoms with Gasteiger partial charge in [0.1, 0.15) is 0 Å². The van der Waals surface area contributed by atoms with Gasteiger partial charge >= 0.3 is 0 Å². The SMILES string of the molecule is Cc1ccc(N2C(=S)NC(c3ccccn3)C2c2cc(C)n(C)c2C)cc1C. The van der Waals surface area contributed by atoms with Crippen LogP contribution < -0.4 is 10.2 Å². The number of nitrogens with one attached hydrogen (secondary N) is 1. The monoisotopic (exact) mass is 390 g/mol. The number of aromatic nitrogens is 2. The molecule has 144 valence electrons. The second-order valence-corrected chi connectivity index (χ2v) is 8.04. The van der Waals surface area contributed by atoms with Crippen LogP contribution in [0.4, 0.5) is 5.69 Å². The van der Waals surface area contributed by atoms with Crippen LogP contribution in [0.3, 0.4) is 0 Å². The Hall–Kier alpha value is -2.66. The molecule has 3 heterocycles. The molecule has 4 nitrogen and oxygen atoms in total. The summed E-state index contributed by atoms with van der Waals surface area (Å²) in [7, 11) is 2.12. The summed E-state index contributed by atoms with van der Waals surface area (Å²) in [5, 5.41) is 4.28. The first-order valence-corrected chi connectivity index (χ1v) is 10.00. The van der Waals surface area contributed by atoms with Crippen LogP contribution in [0.2, 0.25) is 0 Å². The van der Waals surface area contributed by atoms with Crippen molar-refractivity contribution in [2.45, 2.75) is 39.8 Å². The third-order valence-electron chi connectivity index (χ3n) is 6.00. The Morgan fingerprint density at radius 2 is 1.79 bits per heavy atom. The van der Waals surface area contributed by atoms with E-state index in [0.717, 1.165) is 16.5 Å². The van der Waals surface area contributed by atoms with Crippen molar-refractivity contribution in [1.82, 2.24) is 14.9 Å². The number of rotatable bonds is 3. The van der Waals surface area contributed by atoms with Gasteiger partial charge in [-0.1, -0.05) is 12.1 Å². The minimum atomic E-state index is -0.00388. The molecule has 1 N–H and O–H groups in total. The minimum absolute atomic E-state index is 0.00388.